The van der Waals surface area contributed by atoms with Crippen LogP contribution in [0.4, 0.5) is 0 Å². The smallest absolute Gasteiger partial charge is 0.344 e. The van der Waals surface area contributed by atoms with Crippen molar-refractivity contribution in [1.29, 1.82) is 0 Å². The summed E-state index contributed by atoms with van der Waals surface area (Å²) in [5.41, 5.74) is 2.89. The van der Waals surface area contributed by atoms with Crippen molar-refractivity contribution in [3.05, 3.63) is 65.2 Å². The normalized spacial score (nSPS) is 11.1. The van der Waals surface area contributed by atoms with Crippen molar-refractivity contribution in [2.24, 2.45) is 5.16 Å². The molecule has 0 aliphatic rings. The Labute approximate surface area is 135 Å². The summed E-state index contributed by atoms with van der Waals surface area (Å²) in [7, 11) is 0. The van der Waals surface area contributed by atoms with Gasteiger partial charge in [-0.05, 0) is 37.6 Å². The highest BCUT2D eigenvalue weighted by atomic mass is 16.6. The fourth-order valence-electron chi connectivity index (χ4n) is 2.18. The highest BCUT2D eigenvalue weighted by Gasteiger charge is 2.11. The average Bonchev–Trinajstić information content (AvgIpc) is 2.56. The van der Waals surface area contributed by atoms with E-state index in [-0.39, 0.29) is 6.61 Å². The minimum absolute atomic E-state index is 0.131. The maximum Gasteiger partial charge on any atom is 0.344 e. The lowest BCUT2D eigenvalue weighted by atomic mass is 10.0. The molecule has 0 aromatic heterocycles. The van der Waals surface area contributed by atoms with E-state index in [1.807, 2.05) is 43.3 Å². The number of hydrogen-bond acceptors (Lipinski definition) is 5. The van der Waals surface area contributed by atoms with Crippen LogP contribution in [0.2, 0.25) is 0 Å². The number of carbonyl (C=O) groups is 1. The molecule has 120 valence electrons. The van der Waals surface area contributed by atoms with Gasteiger partial charge in [0.15, 0.2) is 6.61 Å². The maximum atomic E-state index is 11.3. The molecule has 1 N–H and O–H groups in total. The Kier molecular flexibility index (Phi) is 5.74. The van der Waals surface area contributed by atoms with Crippen LogP contribution in [0.15, 0.2) is 53.7 Å². The number of hydrogen-bond donors (Lipinski definition) is 1. The number of benzene rings is 2. The predicted molar refractivity (Wildman–Crippen MR) is 87.2 cm³/mol. The molecule has 2 aromatic carbocycles. The van der Waals surface area contributed by atoms with Crippen molar-refractivity contribution in [2.45, 2.75) is 13.8 Å². The van der Waals surface area contributed by atoms with Crippen LogP contribution >= 0.6 is 0 Å². The molecule has 0 amide bonds. The third-order valence-electron chi connectivity index (χ3n) is 3.25. The quantitative estimate of drug-likeness (QED) is 0.385. The second-order valence-electron chi connectivity index (χ2n) is 4.89. The summed E-state index contributed by atoms with van der Waals surface area (Å²) in [6, 6.07) is 14.8. The van der Waals surface area contributed by atoms with Crippen molar-refractivity contribution < 1.29 is 19.5 Å². The molecule has 23 heavy (non-hydrogen) atoms. The molecule has 0 unspecified atom stereocenters. The highest BCUT2D eigenvalue weighted by molar-refractivity contribution is 6.12. The highest BCUT2D eigenvalue weighted by Crippen LogP contribution is 2.21. The van der Waals surface area contributed by atoms with Crippen LogP contribution in [0, 0.1) is 6.92 Å². The van der Waals surface area contributed by atoms with Gasteiger partial charge in [-0.1, -0.05) is 35.5 Å². The van der Waals surface area contributed by atoms with E-state index in [0.29, 0.717) is 18.1 Å². The fourth-order valence-corrected chi connectivity index (χ4v) is 2.18. The van der Waals surface area contributed by atoms with Gasteiger partial charge in [-0.2, -0.15) is 0 Å². The second kappa shape index (κ2) is 7.98. The molecule has 0 heterocycles. The van der Waals surface area contributed by atoms with Gasteiger partial charge in [0.1, 0.15) is 11.5 Å². The number of ether oxygens (including phenoxy) is 2. The molecule has 0 fully saturated rings. The lowest BCUT2D eigenvalue weighted by molar-refractivity contribution is -0.145. The molecular formula is C18H19NO4. The molecule has 0 radical (unpaired) electrons. The van der Waals surface area contributed by atoms with E-state index in [1.54, 1.807) is 19.1 Å². The van der Waals surface area contributed by atoms with E-state index in [4.69, 9.17) is 9.47 Å². The van der Waals surface area contributed by atoms with Gasteiger partial charge in [0, 0.05) is 11.1 Å². The predicted octanol–water partition coefficient (Wildman–Crippen LogP) is 3.16. The molecule has 0 atom stereocenters. The Morgan fingerprint density at radius 1 is 1.13 bits per heavy atom. The molecule has 0 aliphatic heterocycles. The zero-order chi connectivity index (χ0) is 16.7. The van der Waals surface area contributed by atoms with E-state index < -0.39 is 5.97 Å². The summed E-state index contributed by atoms with van der Waals surface area (Å²) in [6.45, 7) is 3.81. The van der Waals surface area contributed by atoms with E-state index in [1.165, 1.54) is 0 Å². The Balaban J connectivity index is 2.17. The van der Waals surface area contributed by atoms with Crippen LogP contribution in [-0.2, 0) is 9.53 Å². The number of carbonyl (C=O) groups excluding carboxylic acids is 1. The molecule has 2 aromatic rings. The number of nitrogens with zero attached hydrogens (tertiary/aromatic N) is 1. The van der Waals surface area contributed by atoms with Crippen molar-refractivity contribution in [3.63, 3.8) is 0 Å². The summed E-state index contributed by atoms with van der Waals surface area (Å²) in [5, 5.41) is 12.7. The first-order valence-electron chi connectivity index (χ1n) is 7.32. The Morgan fingerprint density at radius 3 is 2.48 bits per heavy atom. The van der Waals surface area contributed by atoms with Crippen LogP contribution in [0.3, 0.4) is 0 Å². The Bertz CT molecular complexity index is 695. The van der Waals surface area contributed by atoms with Gasteiger partial charge >= 0.3 is 5.97 Å². The van der Waals surface area contributed by atoms with Gasteiger partial charge < -0.3 is 14.7 Å². The number of oxime groups is 1. The van der Waals surface area contributed by atoms with E-state index in [9.17, 15) is 10.0 Å². The van der Waals surface area contributed by atoms with Gasteiger partial charge in [0.25, 0.3) is 0 Å². The zero-order valence-electron chi connectivity index (χ0n) is 13.2. The molecule has 2 rings (SSSR count). The molecule has 5 nitrogen and oxygen atoms in total. The fraction of sp³-hybridized carbons (Fsp3) is 0.222. The summed E-state index contributed by atoms with van der Waals surface area (Å²) < 4.78 is 10.3. The van der Waals surface area contributed by atoms with E-state index in [2.05, 4.69) is 5.16 Å². The van der Waals surface area contributed by atoms with Gasteiger partial charge in [-0.25, -0.2) is 4.79 Å². The summed E-state index contributed by atoms with van der Waals surface area (Å²) in [5.74, 6) is 0.185. The monoisotopic (exact) mass is 313 g/mol. The first-order chi connectivity index (χ1) is 11.2. The third kappa shape index (κ3) is 4.32. The third-order valence-corrected chi connectivity index (χ3v) is 3.25. The van der Waals surface area contributed by atoms with E-state index in [0.717, 1.165) is 16.7 Å². The van der Waals surface area contributed by atoms with E-state index >= 15 is 0 Å². The number of esters is 1. The molecule has 0 bridgehead atoms. The molecule has 0 saturated heterocycles. The van der Waals surface area contributed by atoms with Gasteiger partial charge in [0.05, 0.1) is 6.61 Å². The van der Waals surface area contributed by atoms with Crippen LogP contribution in [0.5, 0.6) is 5.75 Å². The van der Waals surface area contributed by atoms with Crippen LogP contribution in [-0.4, -0.2) is 30.1 Å². The second-order valence-corrected chi connectivity index (χ2v) is 4.89. The van der Waals surface area contributed by atoms with Crippen LogP contribution < -0.4 is 4.74 Å². The standard InChI is InChI=1S/C18H19NO4/c1-3-22-17(20)12-23-16-10-9-15(11-13(16)2)18(19-21)14-7-5-4-6-8-14/h4-11,21H,3,12H2,1-2H3. The van der Waals surface area contributed by atoms with Crippen LogP contribution in [0.25, 0.3) is 0 Å². The minimum atomic E-state index is -0.405. The van der Waals surface area contributed by atoms with Crippen molar-refractivity contribution in [2.75, 3.05) is 13.2 Å². The Hall–Kier alpha value is -2.82. The number of rotatable bonds is 6. The van der Waals surface area contributed by atoms with Gasteiger partial charge in [-0.3, -0.25) is 0 Å². The van der Waals surface area contributed by atoms with Gasteiger partial charge in [0.2, 0.25) is 0 Å². The molecule has 0 saturated carbocycles. The van der Waals surface area contributed by atoms with Crippen molar-refractivity contribution >= 4 is 11.7 Å². The summed E-state index contributed by atoms with van der Waals surface area (Å²) in [6.07, 6.45) is 0. The first kappa shape index (κ1) is 16.5. The molecule has 0 spiro atoms. The summed E-state index contributed by atoms with van der Waals surface area (Å²) >= 11 is 0. The maximum absolute atomic E-state index is 11.3. The van der Waals surface area contributed by atoms with Crippen molar-refractivity contribution in [1.82, 2.24) is 0 Å². The van der Waals surface area contributed by atoms with Gasteiger partial charge in [-0.15, -0.1) is 0 Å². The molecule has 0 aliphatic carbocycles. The average molecular weight is 313 g/mol. The minimum Gasteiger partial charge on any atom is -0.482 e. The Morgan fingerprint density at radius 2 is 1.87 bits per heavy atom. The number of aryl methyl sites for hydroxylation is 1. The first-order valence-corrected chi connectivity index (χ1v) is 7.32. The lowest BCUT2D eigenvalue weighted by Crippen LogP contribution is -2.15. The summed E-state index contributed by atoms with van der Waals surface area (Å²) in [4.78, 5) is 11.3. The van der Waals surface area contributed by atoms with Crippen molar-refractivity contribution in [3.8, 4) is 5.75 Å². The van der Waals surface area contributed by atoms with Crippen LogP contribution in [0.1, 0.15) is 23.6 Å². The zero-order valence-corrected chi connectivity index (χ0v) is 13.2. The molecule has 5 heteroatoms. The largest absolute Gasteiger partial charge is 0.482 e. The topological polar surface area (TPSA) is 68.1 Å². The molecular weight excluding hydrogens is 294 g/mol. The lowest BCUT2D eigenvalue weighted by Gasteiger charge is -2.11. The SMILES string of the molecule is CCOC(=O)COc1ccc(C(=NO)c2ccccc2)cc1C.